The number of carboxylic acid groups (broad SMARTS) is 1. The highest BCUT2D eigenvalue weighted by Crippen LogP contribution is 2.50. The molecule has 5 nitrogen and oxygen atoms in total. The second-order valence-corrected chi connectivity index (χ2v) is 6.95. The van der Waals surface area contributed by atoms with Crippen molar-refractivity contribution in [3.05, 3.63) is 0 Å². The van der Waals surface area contributed by atoms with Crippen molar-refractivity contribution < 1.29 is 19.5 Å². The topological polar surface area (TPSA) is 83.5 Å². The number of rotatable bonds is 9. The third-order valence-electron chi connectivity index (χ3n) is 3.55. The standard InChI is InChI=1S/C14H23NO4S/c1-9(2)13(10(3)16)15-11(17)7-20-8-14(4-5-14)6-12(18)19/h9,13H,4-8H2,1-3H3,(H,15,17)(H,18,19). The quantitative estimate of drug-likeness (QED) is 0.677. The zero-order chi connectivity index (χ0) is 15.3. The molecule has 1 rings (SSSR count). The summed E-state index contributed by atoms with van der Waals surface area (Å²) in [5, 5.41) is 11.6. The van der Waals surface area contributed by atoms with Gasteiger partial charge in [-0.25, -0.2) is 0 Å². The smallest absolute Gasteiger partial charge is 0.303 e. The van der Waals surface area contributed by atoms with E-state index in [1.54, 1.807) is 0 Å². The molecule has 1 saturated carbocycles. The van der Waals surface area contributed by atoms with Crippen LogP contribution in [0.3, 0.4) is 0 Å². The molecule has 1 aliphatic rings. The third-order valence-corrected chi connectivity index (χ3v) is 4.83. The normalized spacial score (nSPS) is 17.6. The van der Waals surface area contributed by atoms with E-state index in [9.17, 15) is 14.4 Å². The SMILES string of the molecule is CC(=O)C(NC(=O)CSCC1(CC(=O)O)CC1)C(C)C. The first kappa shape index (κ1) is 17.0. The van der Waals surface area contributed by atoms with Gasteiger partial charge in [0, 0.05) is 0 Å². The second-order valence-electron chi connectivity index (χ2n) is 5.96. The van der Waals surface area contributed by atoms with Gasteiger partial charge in [-0.15, -0.1) is 0 Å². The minimum atomic E-state index is -0.774. The Morgan fingerprint density at radius 1 is 1.30 bits per heavy atom. The van der Waals surface area contributed by atoms with Gasteiger partial charge in [0.15, 0.2) is 5.78 Å². The Hall–Kier alpha value is -1.04. The van der Waals surface area contributed by atoms with Crippen LogP contribution in [0.25, 0.3) is 0 Å². The van der Waals surface area contributed by atoms with Crippen molar-refractivity contribution >= 4 is 29.4 Å². The molecule has 1 fully saturated rings. The number of carbonyl (C=O) groups excluding carboxylic acids is 2. The average molecular weight is 301 g/mol. The van der Waals surface area contributed by atoms with Crippen LogP contribution in [-0.4, -0.2) is 40.3 Å². The fourth-order valence-corrected chi connectivity index (χ4v) is 3.38. The molecule has 0 aliphatic heterocycles. The Morgan fingerprint density at radius 3 is 2.30 bits per heavy atom. The molecular formula is C14H23NO4S. The number of ketones is 1. The molecule has 0 bridgehead atoms. The molecular weight excluding hydrogens is 278 g/mol. The number of carbonyl (C=O) groups is 3. The minimum absolute atomic E-state index is 0.0390. The lowest BCUT2D eigenvalue weighted by molar-refractivity contribution is -0.138. The lowest BCUT2D eigenvalue weighted by atomic mass is 10.0. The molecule has 20 heavy (non-hydrogen) atoms. The lowest BCUT2D eigenvalue weighted by Gasteiger charge is -2.19. The fourth-order valence-electron chi connectivity index (χ4n) is 2.18. The van der Waals surface area contributed by atoms with Crippen LogP contribution in [0.2, 0.25) is 0 Å². The van der Waals surface area contributed by atoms with Crippen LogP contribution in [0.4, 0.5) is 0 Å². The predicted octanol–water partition coefficient (Wildman–Crippen LogP) is 1.70. The summed E-state index contributed by atoms with van der Waals surface area (Å²) < 4.78 is 0. The van der Waals surface area contributed by atoms with Crippen molar-refractivity contribution in [2.75, 3.05) is 11.5 Å². The molecule has 0 saturated heterocycles. The summed E-state index contributed by atoms with van der Waals surface area (Å²) in [6, 6.07) is -0.433. The Bertz CT molecular complexity index is 391. The van der Waals surface area contributed by atoms with Gasteiger partial charge in [0.25, 0.3) is 0 Å². The number of amides is 1. The van der Waals surface area contributed by atoms with Gasteiger partial charge in [0.1, 0.15) is 0 Å². The Labute approximate surface area is 123 Å². The molecule has 0 aromatic rings. The summed E-state index contributed by atoms with van der Waals surface area (Å²) >= 11 is 1.45. The van der Waals surface area contributed by atoms with Crippen LogP contribution in [-0.2, 0) is 14.4 Å². The molecule has 0 radical (unpaired) electrons. The van der Waals surface area contributed by atoms with Crippen molar-refractivity contribution in [2.24, 2.45) is 11.3 Å². The van der Waals surface area contributed by atoms with E-state index in [-0.39, 0.29) is 35.2 Å². The first-order valence-corrected chi connectivity index (χ1v) is 8.00. The van der Waals surface area contributed by atoms with Crippen molar-refractivity contribution in [3.8, 4) is 0 Å². The van der Waals surface area contributed by atoms with E-state index in [0.29, 0.717) is 5.75 Å². The molecule has 1 aliphatic carbocycles. The van der Waals surface area contributed by atoms with Crippen LogP contribution >= 0.6 is 11.8 Å². The van der Waals surface area contributed by atoms with E-state index in [4.69, 9.17) is 5.11 Å². The van der Waals surface area contributed by atoms with E-state index < -0.39 is 12.0 Å². The maximum absolute atomic E-state index is 11.8. The largest absolute Gasteiger partial charge is 0.481 e. The average Bonchev–Trinajstić information content (AvgIpc) is 3.04. The number of Topliss-reactive ketones (excluding diaryl/α,β-unsaturated/α-hetero) is 1. The molecule has 114 valence electrons. The fraction of sp³-hybridized carbons (Fsp3) is 0.786. The Kier molecular flexibility index (Phi) is 6.05. The maximum Gasteiger partial charge on any atom is 0.303 e. The number of thioether (sulfide) groups is 1. The summed E-state index contributed by atoms with van der Waals surface area (Å²) in [6.07, 6.45) is 2.04. The van der Waals surface area contributed by atoms with E-state index in [0.717, 1.165) is 12.8 Å². The zero-order valence-corrected chi connectivity index (χ0v) is 13.1. The van der Waals surface area contributed by atoms with Crippen molar-refractivity contribution in [2.45, 2.75) is 46.1 Å². The highest BCUT2D eigenvalue weighted by atomic mass is 32.2. The van der Waals surface area contributed by atoms with Gasteiger partial charge in [-0.1, -0.05) is 13.8 Å². The molecule has 2 N–H and O–H groups in total. The summed E-state index contributed by atoms with van der Waals surface area (Å²) in [4.78, 5) is 33.9. The van der Waals surface area contributed by atoms with E-state index in [1.165, 1.54) is 18.7 Å². The maximum atomic E-state index is 11.8. The van der Waals surface area contributed by atoms with E-state index in [1.807, 2.05) is 13.8 Å². The van der Waals surface area contributed by atoms with Crippen LogP contribution in [0, 0.1) is 11.3 Å². The predicted molar refractivity (Wildman–Crippen MR) is 78.7 cm³/mol. The third kappa shape index (κ3) is 5.53. The minimum Gasteiger partial charge on any atom is -0.481 e. The summed E-state index contributed by atoms with van der Waals surface area (Å²) in [5.41, 5.74) is -0.102. The van der Waals surface area contributed by atoms with Gasteiger partial charge in [-0.2, -0.15) is 11.8 Å². The first-order valence-electron chi connectivity index (χ1n) is 6.85. The van der Waals surface area contributed by atoms with Crippen LogP contribution in [0.15, 0.2) is 0 Å². The molecule has 1 amide bonds. The molecule has 1 atom stereocenters. The van der Waals surface area contributed by atoms with Gasteiger partial charge in [0.05, 0.1) is 18.2 Å². The van der Waals surface area contributed by atoms with Gasteiger partial charge < -0.3 is 10.4 Å². The molecule has 0 aromatic heterocycles. The molecule has 1 unspecified atom stereocenters. The molecule has 0 spiro atoms. The van der Waals surface area contributed by atoms with Crippen molar-refractivity contribution in [1.82, 2.24) is 5.32 Å². The highest BCUT2D eigenvalue weighted by Gasteiger charge is 2.44. The van der Waals surface area contributed by atoms with Gasteiger partial charge in [0.2, 0.25) is 5.91 Å². The van der Waals surface area contributed by atoms with Crippen LogP contribution in [0.1, 0.15) is 40.0 Å². The van der Waals surface area contributed by atoms with Crippen molar-refractivity contribution in [1.29, 1.82) is 0 Å². The first-order chi connectivity index (χ1) is 9.26. The van der Waals surface area contributed by atoms with E-state index >= 15 is 0 Å². The van der Waals surface area contributed by atoms with Crippen LogP contribution in [0.5, 0.6) is 0 Å². The number of hydrogen-bond acceptors (Lipinski definition) is 4. The number of nitrogens with one attached hydrogen (secondary N) is 1. The lowest BCUT2D eigenvalue weighted by Crippen LogP contribution is -2.44. The van der Waals surface area contributed by atoms with Gasteiger partial charge >= 0.3 is 5.97 Å². The Morgan fingerprint density at radius 2 is 1.90 bits per heavy atom. The highest BCUT2D eigenvalue weighted by molar-refractivity contribution is 7.99. The second kappa shape index (κ2) is 7.11. The zero-order valence-electron chi connectivity index (χ0n) is 12.3. The van der Waals surface area contributed by atoms with Gasteiger partial charge in [-0.3, -0.25) is 14.4 Å². The Balaban J connectivity index is 2.30. The summed E-state index contributed by atoms with van der Waals surface area (Å²) in [5.74, 6) is 0.0712. The number of hydrogen-bond donors (Lipinski definition) is 2. The molecule has 6 heteroatoms. The van der Waals surface area contributed by atoms with Gasteiger partial charge in [-0.05, 0) is 36.9 Å². The number of aliphatic carboxylic acids is 1. The van der Waals surface area contributed by atoms with Crippen molar-refractivity contribution in [3.63, 3.8) is 0 Å². The summed E-state index contributed by atoms with van der Waals surface area (Å²) in [7, 11) is 0. The van der Waals surface area contributed by atoms with E-state index in [2.05, 4.69) is 5.32 Å². The molecule has 0 heterocycles. The summed E-state index contributed by atoms with van der Waals surface area (Å²) in [6.45, 7) is 5.27. The molecule has 0 aromatic carbocycles. The monoisotopic (exact) mass is 301 g/mol. The number of carboxylic acids is 1. The van der Waals surface area contributed by atoms with Crippen LogP contribution < -0.4 is 5.32 Å².